The predicted molar refractivity (Wildman–Crippen MR) is 72.3 cm³/mol. The van der Waals surface area contributed by atoms with E-state index in [-0.39, 0.29) is 18.1 Å². The molecule has 1 aromatic rings. The smallest absolute Gasteiger partial charge is 0.126 e. The topological polar surface area (TPSA) is 45.1 Å². The Bertz CT molecular complexity index is 338. The molecule has 17 heavy (non-hydrogen) atoms. The number of hydrogen-bond donors (Lipinski definition) is 2. The highest BCUT2D eigenvalue weighted by molar-refractivity contribution is 5.38. The van der Waals surface area contributed by atoms with Crippen LogP contribution in [0.25, 0.3) is 0 Å². The van der Waals surface area contributed by atoms with Crippen LogP contribution in [-0.2, 0) is 5.41 Å². The average Bonchev–Trinajstić information content (AvgIpc) is 2.25. The standard InChI is InChI=1S/C14H24N2O/c1-10(2)12(9-17)16-13-7-6-11(8-15-13)14(3,4)5/h6-8,10,12,17H,9H2,1-5H3,(H,15,16). The molecule has 1 atom stereocenters. The van der Waals surface area contributed by atoms with Gasteiger partial charge in [0.25, 0.3) is 0 Å². The lowest BCUT2D eigenvalue weighted by molar-refractivity contribution is 0.249. The average molecular weight is 236 g/mol. The molecule has 0 saturated heterocycles. The van der Waals surface area contributed by atoms with Crippen molar-refractivity contribution < 1.29 is 5.11 Å². The van der Waals surface area contributed by atoms with Crippen LogP contribution in [-0.4, -0.2) is 22.7 Å². The van der Waals surface area contributed by atoms with Crippen molar-refractivity contribution in [2.24, 2.45) is 5.92 Å². The first-order valence-electron chi connectivity index (χ1n) is 6.18. The van der Waals surface area contributed by atoms with Gasteiger partial charge in [0, 0.05) is 6.20 Å². The monoisotopic (exact) mass is 236 g/mol. The van der Waals surface area contributed by atoms with Gasteiger partial charge in [-0.1, -0.05) is 40.7 Å². The number of pyridine rings is 1. The summed E-state index contributed by atoms with van der Waals surface area (Å²) in [5, 5.41) is 12.5. The maximum absolute atomic E-state index is 9.25. The number of aromatic nitrogens is 1. The van der Waals surface area contributed by atoms with Crippen LogP contribution < -0.4 is 5.32 Å². The number of aliphatic hydroxyl groups is 1. The zero-order chi connectivity index (χ0) is 13.1. The maximum Gasteiger partial charge on any atom is 0.126 e. The summed E-state index contributed by atoms with van der Waals surface area (Å²) in [7, 11) is 0. The molecule has 3 heteroatoms. The largest absolute Gasteiger partial charge is 0.394 e. The fraction of sp³-hybridized carbons (Fsp3) is 0.643. The SMILES string of the molecule is CC(C)C(CO)Nc1ccc(C(C)(C)C)cn1. The van der Waals surface area contributed by atoms with Gasteiger partial charge in [-0.2, -0.15) is 0 Å². The van der Waals surface area contributed by atoms with Crippen LogP contribution in [0.5, 0.6) is 0 Å². The molecular weight excluding hydrogens is 212 g/mol. The van der Waals surface area contributed by atoms with Crippen LogP contribution in [0.2, 0.25) is 0 Å². The van der Waals surface area contributed by atoms with Gasteiger partial charge in [0.05, 0.1) is 12.6 Å². The minimum Gasteiger partial charge on any atom is -0.394 e. The highest BCUT2D eigenvalue weighted by atomic mass is 16.3. The van der Waals surface area contributed by atoms with Gasteiger partial charge >= 0.3 is 0 Å². The van der Waals surface area contributed by atoms with E-state index in [1.807, 2.05) is 12.3 Å². The van der Waals surface area contributed by atoms with Crippen LogP contribution in [0.3, 0.4) is 0 Å². The van der Waals surface area contributed by atoms with Gasteiger partial charge in [-0.25, -0.2) is 4.98 Å². The molecule has 0 fully saturated rings. The number of nitrogens with zero attached hydrogens (tertiary/aromatic N) is 1. The minimum atomic E-state index is 0.0583. The molecule has 0 spiro atoms. The molecule has 0 aromatic carbocycles. The van der Waals surface area contributed by atoms with Crippen molar-refractivity contribution in [3.8, 4) is 0 Å². The fourth-order valence-electron chi connectivity index (χ4n) is 1.54. The normalized spacial score (nSPS) is 13.8. The van der Waals surface area contributed by atoms with E-state index in [0.29, 0.717) is 5.92 Å². The molecule has 1 rings (SSSR count). The van der Waals surface area contributed by atoms with Crippen molar-refractivity contribution in [3.63, 3.8) is 0 Å². The van der Waals surface area contributed by atoms with Crippen LogP contribution in [0.1, 0.15) is 40.2 Å². The van der Waals surface area contributed by atoms with Gasteiger partial charge in [-0.05, 0) is 23.0 Å². The van der Waals surface area contributed by atoms with Crippen molar-refractivity contribution in [1.82, 2.24) is 4.98 Å². The first kappa shape index (κ1) is 14.0. The zero-order valence-electron chi connectivity index (χ0n) is 11.5. The third-order valence-corrected chi connectivity index (χ3v) is 2.96. The maximum atomic E-state index is 9.25. The number of aliphatic hydroxyl groups excluding tert-OH is 1. The Labute approximate surface area is 104 Å². The predicted octanol–water partition coefficient (Wildman–Crippen LogP) is 2.81. The van der Waals surface area contributed by atoms with E-state index in [9.17, 15) is 5.11 Å². The highest BCUT2D eigenvalue weighted by Crippen LogP contribution is 2.22. The highest BCUT2D eigenvalue weighted by Gasteiger charge is 2.15. The van der Waals surface area contributed by atoms with Crippen LogP contribution in [0.4, 0.5) is 5.82 Å². The summed E-state index contributed by atoms with van der Waals surface area (Å²) >= 11 is 0. The molecule has 0 bridgehead atoms. The molecule has 1 aromatic heterocycles. The van der Waals surface area contributed by atoms with E-state index < -0.39 is 0 Å². The van der Waals surface area contributed by atoms with Gasteiger partial charge in [0.1, 0.15) is 5.82 Å². The Balaban J connectivity index is 2.75. The molecule has 3 nitrogen and oxygen atoms in total. The first-order chi connectivity index (χ1) is 7.84. The Morgan fingerprint density at radius 2 is 1.94 bits per heavy atom. The number of hydrogen-bond acceptors (Lipinski definition) is 3. The molecule has 0 aliphatic heterocycles. The second kappa shape index (κ2) is 5.50. The molecule has 0 aliphatic carbocycles. The Morgan fingerprint density at radius 1 is 1.29 bits per heavy atom. The van der Waals surface area contributed by atoms with Crippen molar-refractivity contribution >= 4 is 5.82 Å². The van der Waals surface area contributed by atoms with Gasteiger partial charge in [0.15, 0.2) is 0 Å². The Morgan fingerprint density at radius 3 is 2.29 bits per heavy atom. The van der Waals surface area contributed by atoms with E-state index in [1.165, 1.54) is 5.56 Å². The lowest BCUT2D eigenvalue weighted by Crippen LogP contribution is -2.29. The van der Waals surface area contributed by atoms with Crippen LogP contribution in [0, 0.1) is 5.92 Å². The molecule has 1 heterocycles. The summed E-state index contributed by atoms with van der Waals surface area (Å²) in [6.07, 6.45) is 1.90. The molecule has 96 valence electrons. The summed E-state index contributed by atoms with van der Waals surface area (Å²) < 4.78 is 0. The summed E-state index contributed by atoms with van der Waals surface area (Å²) in [6.45, 7) is 10.8. The van der Waals surface area contributed by atoms with E-state index in [2.05, 4.69) is 51.0 Å². The third-order valence-electron chi connectivity index (χ3n) is 2.96. The van der Waals surface area contributed by atoms with Gasteiger partial charge < -0.3 is 10.4 Å². The first-order valence-corrected chi connectivity index (χ1v) is 6.18. The van der Waals surface area contributed by atoms with Crippen molar-refractivity contribution in [1.29, 1.82) is 0 Å². The number of rotatable bonds is 4. The van der Waals surface area contributed by atoms with E-state index in [0.717, 1.165) is 5.82 Å². The second-order valence-electron chi connectivity index (χ2n) is 5.86. The fourth-order valence-corrected chi connectivity index (χ4v) is 1.54. The van der Waals surface area contributed by atoms with Crippen molar-refractivity contribution in [2.45, 2.75) is 46.1 Å². The quantitative estimate of drug-likeness (QED) is 0.845. The van der Waals surface area contributed by atoms with Gasteiger partial charge in [0.2, 0.25) is 0 Å². The van der Waals surface area contributed by atoms with Gasteiger partial charge in [-0.3, -0.25) is 0 Å². The molecule has 2 N–H and O–H groups in total. The lowest BCUT2D eigenvalue weighted by Gasteiger charge is -2.22. The molecule has 1 unspecified atom stereocenters. The Hall–Kier alpha value is -1.09. The third kappa shape index (κ3) is 4.00. The summed E-state index contributed by atoms with van der Waals surface area (Å²) in [5.41, 5.74) is 1.34. The van der Waals surface area contributed by atoms with Gasteiger partial charge in [-0.15, -0.1) is 0 Å². The summed E-state index contributed by atoms with van der Waals surface area (Å²) in [6, 6.07) is 4.12. The Kier molecular flexibility index (Phi) is 4.52. The number of anilines is 1. The lowest BCUT2D eigenvalue weighted by atomic mass is 9.88. The summed E-state index contributed by atoms with van der Waals surface area (Å²) in [4.78, 5) is 4.39. The van der Waals surface area contributed by atoms with E-state index >= 15 is 0 Å². The summed E-state index contributed by atoms with van der Waals surface area (Å²) in [5.74, 6) is 1.20. The van der Waals surface area contributed by atoms with Crippen molar-refractivity contribution in [2.75, 3.05) is 11.9 Å². The molecule has 0 saturated carbocycles. The van der Waals surface area contributed by atoms with E-state index in [4.69, 9.17) is 0 Å². The molecule has 0 aliphatic rings. The second-order valence-corrected chi connectivity index (χ2v) is 5.86. The number of nitrogens with one attached hydrogen (secondary N) is 1. The van der Waals surface area contributed by atoms with E-state index in [1.54, 1.807) is 0 Å². The zero-order valence-corrected chi connectivity index (χ0v) is 11.5. The minimum absolute atomic E-state index is 0.0583. The van der Waals surface area contributed by atoms with Crippen LogP contribution in [0.15, 0.2) is 18.3 Å². The molecular formula is C14H24N2O. The molecule has 0 radical (unpaired) electrons. The van der Waals surface area contributed by atoms with Crippen molar-refractivity contribution in [3.05, 3.63) is 23.9 Å². The van der Waals surface area contributed by atoms with Crippen LogP contribution >= 0.6 is 0 Å². The molecule has 0 amide bonds.